The maximum Gasteiger partial charge on any atom is 0.108 e. The summed E-state index contributed by atoms with van der Waals surface area (Å²) in [6.45, 7) is 15.4. The average molecular weight is 294 g/mol. The molecule has 21 heavy (non-hydrogen) atoms. The predicted molar refractivity (Wildman–Crippen MR) is 89.3 cm³/mol. The first-order chi connectivity index (χ1) is 10.1. The van der Waals surface area contributed by atoms with Crippen molar-refractivity contribution in [1.82, 2.24) is 15.1 Å². The first kappa shape index (κ1) is 18.4. The predicted octanol–water partition coefficient (Wildman–Crippen LogP) is 2.46. The van der Waals surface area contributed by atoms with E-state index < -0.39 is 0 Å². The van der Waals surface area contributed by atoms with Crippen LogP contribution in [-0.2, 0) is 0 Å². The highest BCUT2D eigenvalue weighted by Gasteiger charge is 2.40. The molecule has 1 fully saturated rings. The molecular weight excluding hydrogens is 260 g/mol. The summed E-state index contributed by atoms with van der Waals surface area (Å²) in [6, 6.07) is 3.11. The molecule has 1 aliphatic rings. The normalized spacial score (nSPS) is 25.7. The molecule has 0 aromatic rings. The van der Waals surface area contributed by atoms with Crippen LogP contribution in [0.4, 0.5) is 0 Å². The van der Waals surface area contributed by atoms with Crippen LogP contribution in [0.1, 0.15) is 53.4 Å². The third kappa shape index (κ3) is 5.25. The minimum Gasteiger partial charge on any atom is -0.304 e. The third-order valence-corrected chi connectivity index (χ3v) is 4.95. The van der Waals surface area contributed by atoms with E-state index in [1.165, 1.54) is 13.0 Å². The molecule has 4 heteroatoms. The molecule has 0 heterocycles. The fourth-order valence-electron chi connectivity index (χ4n) is 3.61. The number of hydrogen-bond donors (Lipinski definition) is 1. The second-order valence-electron chi connectivity index (χ2n) is 6.13. The molecule has 1 aliphatic carbocycles. The largest absolute Gasteiger partial charge is 0.304 e. The van der Waals surface area contributed by atoms with Crippen molar-refractivity contribution in [1.29, 1.82) is 5.26 Å². The molecule has 0 saturated heterocycles. The van der Waals surface area contributed by atoms with E-state index in [1.54, 1.807) is 0 Å². The Hall–Kier alpha value is -0.630. The van der Waals surface area contributed by atoms with Gasteiger partial charge < -0.3 is 9.80 Å². The highest BCUT2D eigenvalue weighted by molar-refractivity contribution is 5.13. The lowest BCUT2D eigenvalue weighted by Crippen LogP contribution is -2.44. The highest BCUT2D eigenvalue weighted by atomic mass is 15.2. The van der Waals surface area contributed by atoms with Gasteiger partial charge in [0.1, 0.15) is 5.54 Å². The molecule has 1 N–H and O–H groups in total. The topological polar surface area (TPSA) is 42.3 Å². The minimum absolute atomic E-state index is 0.272. The molecule has 2 atom stereocenters. The van der Waals surface area contributed by atoms with Crippen LogP contribution < -0.4 is 5.32 Å². The lowest BCUT2D eigenvalue weighted by Gasteiger charge is -2.30. The summed E-state index contributed by atoms with van der Waals surface area (Å²) in [7, 11) is 0. The number of rotatable bonds is 10. The van der Waals surface area contributed by atoms with Crippen LogP contribution in [0.25, 0.3) is 0 Å². The summed E-state index contributed by atoms with van der Waals surface area (Å²) in [6.07, 6.45) is 4.36. The molecule has 2 unspecified atom stereocenters. The van der Waals surface area contributed by atoms with Gasteiger partial charge in [0.05, 0.1) is 6.07 Å². The van der Waals surface area contributed by atoms with E-state index in [1.807, 2.05) is 0 Å². The van der Waals surface area contributed by atoms with Gasteiger partial charge in [0.15, 0.2) is 0 Å². The molecule has 0 aromatic carbocycles. The maximum atomic E-state index is 9.49. The molecule has 4 nitrogen and oxygen atoms in total. The molecule has 0 spiro atoms. The Labute approximate surface area is 131 Å². The molecule has 0 amide bonds. The van der Waals surface area contributed by atoms with Crippen LogP contribution in [0.3, 0.4) is 0 Å². The van der Waals surface area contributed by atoms with Gasteiger partial charge in [-0.1, -0.05) is 27.7 Å². The van der Waals surface area contributed by atoms with E-state index in [0.717, 1.165) is 52.0 Å². The highest BCUT2D eigenvalue weighted by Crippen LogP contribution is 2.32. The fourth-order valence-corrected chi connectivity index (χ4v) is 3.61. The van der Waals surface area contributed by atoms with Crippen LogP contribution in [-0.4, -0.2) is 60.6 Å². The summed E-state index contributed by atoms with van der Waals surface area (Å²) in [4.78, 5) is 5.07. The van der Waals surface area contributed by atoms with Crippen molar-refractivity contribution in [3.63, 3.8) is 0 Å². The van der Waals surface area contributed by atoms with Crippen LogP contribution in [0.15, 0.2) is 0 Å². The van der Waals surface area contributed by atoms with Crippen molar-refractivity contribution in [2.45, 2.75) is 65.0 Å². The Bertz CT molecular complexity index is 321. The summed E-state index contributed by atoms with van der Waals surface area (Å²) >= 11 is 0. The van der Waals surface area contributed by atoms with Gasteiger partial charge >= 0.3 is 0 Å². The second-order valence-corrected chi connectivity index (χ2v) is 6.13. The van der Waals surface area contributed by atoms with Crippen LogP contribution in [0.2, 0.25) is 0 Å². The van der Waals surface area contributed by atoms with Gasteiger partial charge in [-0.15, -0.1) is 0 Å². The van der Waals surface area contributed by atoms with Crippen molar-refractivity contribution in [3.8, 4) is 6.07 Å². The zero-order chi connectivity index (χ0) is 15.7. The zero-order valence-corrected chi connectivity index (χ0v) is 14.5. The van der Waals surface area contributed by atoms with Gasteiger partial charge in [0.25, 0.3) is 0 Å². The Morgan fingerprint density at radius 2 is 1.86 bits per heavy atom. The Balaban J connectivity index is 2.45. The SMILES string of the molecule is CCNC1(C#N)CCC(N(CC)CCCN(CC)CC)C1. The standard InChI is InChI=1S/C17H34N4/c1-5-19-17(15-18)11-10-16(14-17)21(8-4)13-9-12-20(6-2)7-3/h16,19H,5-14H2,1-4H3. The lowest BCUT2D eigenvalue weighted by atomic mass is 9.99. The fraction of sp³-hybridized carbons (Fsp3) is 0.941. The van der Waals surface area contributed by atoms with E-state index in [0.29, 0.717) is 6.04 Å². The Kier molecular flexibility index (Phi) is 8.24. The first-order valence-electron chi connectivity index (χ1n) is 8.77. The molecule has 0 aromatic heterocycles. The monoisotopic (exact) mass is 294 g/mol. The lowest BCUT2D eigenvalue weighted by molar-refractivity contribution is 0.185. The number of nitrogens with one attached hydrogen (secondary N) is 1. The van der Waals surface area contributed by atoms with E-state index in [-0.39, 0.29) is 5.54 Å². The first-order valence-corrected chi connectivity index (χ1v) is 8.77. The van der Waals surface area contributed by atoms with Crippen molar-refractivity contribution < 1.29 is 0 Å². The van der Waals surface area contributed by atoms with Gasteiger partial charge in [0.2, 0.25) is 0 Å². The molecule has 1 saturated carbocycles. The quantitative estimate of drug-likeness (QED) is 0.672. The molecule has 0 aliphatic heterocycles. The van der Waals surface area contributed by atoms with E-state index in [2.05, 4.69) is 48.9 Å². The number of nitriles is 1. The average Bonchev–Trinajstić information content (AvgIpc) is 2.93. The van der Waals surface area contributed by atoms with E-state index >= 15 is 0 Å². The summed E-state index contributed by atoms with van der Waals surface area (Å²) < 4.78 is 0. The van der Waals surface area contributed by atoms with Gasteiger partial charge in [0, 0.05) is 6.04 Å². The zero-order valence-electron chi connectivity index (χ0n) is 14.5. The molecule has 122 valence electrons. The smallest absolute Gasteiger partial charge is 0.108 e. The van der Waals surface area contributed by atoms with Crippen molar-refractivity contribution >= 4 is 0 Å². The summed E-state index contributed by atoms with van der Waals surface area (Å²) in [5.74, 6) is 0. The van der Waals surface area contributed by atoms with E-state index in [9.17, 15) is 5.26 Å². The molecule has 0 radical (unpaired) electrons. The van der Waals surface area contributed by atoms with Gasteiger partial charge in [-0.2, -0.15) is 5.26 Å². The van der Waals surface area contributed by atoms with Gasteiger partial charge in [-0.25, -0.2) is 0 Å². The number of hydrogen-bond acceptors (Lipinski definition) is 4. The number of nitrogens with zero attached hydrogens (tertiary/aromatic N) is 3. The van der Waals surface area contributed by atoms with Crippen LogP contribution in [0, 0.1) is 11.3 Å². The Morgan fingerprint density at radius 1 is 1.14 bits per heavy atom. The van der Waals surface area contributed by atoms with E-state index in [4.69, 9.17) is 0 Å². The van der Waals surface area contributed by atoms with Gasteiger partial charge in [-0.3, -0.25) is 5.32 Å². The summed E-state index contributed by atoms with van der Waals surface area (Å²) in [5.41, 5.74) is -0.272. The maximum absolute atomic E-state index is 9.49. The minimum atomic E-state index is -0.272. The second kappa shape index (κ2) is 9.40. The Morgan fingerprint density at radius 3 is 2.38 bits per heavy atom. The third-order valence-electron chi connectivity index (χ3n) is 4.95. The van der Waals surface area contributed by atoms with Crippen molar-refractivity contribution in [3.05, 3.63) is 0 Å². The van der Waals surface area contributed by atoms with Crippen molar-refractivity contribution in [2.75, 3.05) is 39.3 Å². The molecular formula is C17H34N4. The van der Waals surface area contributed by atoms with Gasteiger partial charge in [-0.05, 0) is 65.0 Å². The molecule has 0 bridgehead atoms. The van der Waals surface area contributed by atoms with Crippen molar-refractivity contribution in [2.24, 2.45) is 0 Å². The van der Waals surface area contributed by atoms with Crippen LogP contribution in [0.5, 0.6) is 0 Å². The summed E-state index contributed by atoms with van der Waals surface area (Å²) in [5, 5.41) is 12.9. The molecule has 1 rings (SSSR count). The van der Waals surface area contributed by atoms with Crippen LogP contribution >= 0.6 is 0 Å².